The molecule has 0 saturated carbocycles. The van der Waals surface area contributed by atoms with Crippen LogP contribution in [0.1, 0.15) is 67.6 Å². The van der Waals surface area contributed by atoms with Crippen molar-refractivity contribution in [3.8, 4) is 0 Å². The van der Waals surface area contributed by atoms with Crippen molar-refractivity contribution in [1.82, 2.24) is 15.2 Å². The van der Waals surface area contributed by atoms with E-state index in [1.807, 2.05) is 39.0 Å². The predicted molar refractivity (Wildman–Crippen MR) is 158 cm³/mol. The first-order valence-corrected chi connectivity index (χ1v) is 15.0. The summed E-state index contributed by atoms with van der Waals surface area (Å²) in [5.41, 5.74) is 2.55. The lowest BCUT2D eigenvalue weighted by Gasteiger charge is -2.34. The van der Waals surface area contributed by atoms with Gasteiger partial charge in [-0.1, -0.05) is 12.1 Å². The van der Waals surface area contributed by atoms with Crippen molar-refractivity contribution in [1.29, 1.82) is 0 Å². The summed E-state index contributed by atoms with van der Waals surface area (Å²) in [6.07, 6.45) is 4.72. The monoisotopic (exact) mass is 577 g/mol. The number of nitrogens with zero attached hydrogens (tertiary/aromatic N) is 3. The van der Waals surface area contributed by atoms with Crippen molar-refractivity contribution < 1.29 is 23.9 Å². The molecule has 41 heavy (non-hydrogen) atoms. The summed E-state index contributed by atoms with van der Waals surface area (Å²) >= 11 is 1.26. The molecule has 1 atom stereocenters. The van der Waals surface area contributed by atoms with Crippen molar-refractivity contribution in [2.75, 3.05) is 36.5 Å². The first kappa shape index (κ1) is 27.5. The van der Waals surface area contributed by atoms with E-state index >= 15 is 0 Å². The van der Waals surface area contributed by atoms with E-state index in [2.05, 4.69) is 27.8 Å². The number of carbonyl (C=O) groups is 3. The summed E-state index contributed by atoms with van der Waals surface area (Å²) in [4.78, 5) is 48.6. The molecule has 0 radical (unpaired) electrons. The Morgan fingerprint density at radius 3 is 2.76 bits per heavy atom. The second-order valence-corrected chi connectivity index (χ2v) is 12.8. The number of hydrogen-bond donors (Lipinski definition) is 2. The zero-order chi connectivity index (χ0) is 28.7. The molecule has 5 heterocycles. The molecule has 3 aromatic rings. The molecular formula is C30H35N5O5S. The standard InChI is InChI=1S/C30H35N5O5S/c1-30(2,3)40-29(38)34-13-5-7-20(17-34)32-26(36)25-24-23-22(9-12-31-27(23)41-25)35(28(37)33-24)21-8-4-6-19(16-21)18-10-14-39-15-11-18/h4,6,8-9,12,16,18,20H,5,7,10-11,13-15,17H2,1-3H3,(H,32,36)(H,33,37)/t20-/m1/s1. The largest absolute Gasteiger partial charge is 0.444 e. The molecule has 10 nitrogen and oxygen atoms in total. The fourth-order valence-corrected chi connectivity index (χ4v) is 6.81. The Morgan fingerprint density at radius 1 is 1.17 bits per heavy atom. The number of carbonyl (C=O) groups excluding carboxylic acids is 3. The first-order chi connectivity index (χ1) is 19.7. The average molecular weight is 578 g/mol. The number of nitrogens with one attached hydrogen (secondary N) is 2. The van der Waals surface area contributed by atoms with Gasteiger partial charge in [0.25, 0.3) is 5.91 Å². The van der Waals surface area contributed by atoms with Crippen molar-refractivity contribution >= 4 is 56.6 Å². The molecule has 4 amide bonds. The molecule has 0 bridgehead atoms. The van der Waals surface area contributed by atoms with Gasteiger partial charge >= 0.3 is 12.1 Å². The molecule has 11 heteroatoms. The van der Waals surface area contributed by atoms with Crippen LogP contribution in [0.4, 0.5) is 26.7 Å². The van der Waals surface area contributed by atoms with E-state index in [1.165, 1.54) is 16.9 Å². The van der Waals surface area contributed by atoms with E-state index in [0.717, 1.165) is 50.0 Å². The maximum atomic E-state index is 13.6. The van der Waals surface area contributed by atoms with E-state index in [0.29, 0.717) is 40.1 Å². The van der Waals surface area contributed by atoms with Crippen LogP contribution in [0, 0.1) is 0 Å². The van der Waals surface area contributed by atoms with Crippen LogP contribution < -0.4 is 15.5 Å². The highest BCUT2D eigenvalue weighted by Gasteiger charge is 2.34. The highest BCUT2D eigenvalue weighted by atomic mass is 32.1. The molecule has 2 saturated heterocycles. The SMILES string of the molecule is CC(C)(C)OC(=O)N1CCC[C@@H](NC(=O)c2sc3nccc4c3c2NC(=O)N4c2cccc(C3CCOCC3)c2)C1. The van der Waals surface area contributed by atoms with Gasteiger partial charge in [-0.2, -0.15) is 0 Å². The third-order valence-electron chi connectivity index (χ3n) is 7.68. The third-order valence-corrected chi connectivity index (χ3v) is 8.78. The number of amides is 4. The second-order valence-electron chi connectivity index (χ2n) is 11.8. The third kappa shape index (κ3) is 5.60. The fraction of sp³-hybridized carbons (Fsp3) is 0.467. The number of anilines is 3. The fourth-order valence-electron chi connectivity index (χ4n) is 5.79. The van der Waals surface area contributed by atoms with Crippen LogP contribution in [-0.4, -0.2) is 65.9 Å². The average Bonchev–Trinajstić information content (AvgIpc) is 3.32. The molecule has 216 valence electrons. The van der Waals surface area contributed by atoms with Crippen molar-refractivity contribution in [2.24, 2.45) is 0 Å². The van der Waals surface area contributed by atoms with Gasteiger partial charge in [0.15, 0.2) is 0 Å². The van der Waals surface area contributed by atoms with Gasteiger partial charge in [-0.05, 0) is 76.1 Å². The van der Waals surface area contributed by atoms with Gasteiger partial charge in [0.05, 0.1) is 22.4 Å². The molecule has 6 rings (SSSR count). The van der Waals surface area contributed by atoms with E-state index < -0.39 is 5.60 Å². The molecule has 1 aromatic carbocycles. The molecule has 0 spiro atoms. The maximum absolute atomic E-state index is 13.6. The van der Waals surface area contributed by atoms with Crippen LogP contribution in [0.3, 0.4) is 0 Å². The zero-order valence-electron chi connectivity index (χ0n) is 23.6. The number of pyridine rings is 1. The summed E-state index contributed by atoms with van der Waals surface area (Å²) in [5.74, 6) is 0.104. The first-order valence-electron chi connectivity index (χ1n) is 14.2. The molecule has 2 N–H and O–H groups in total. The molecule has 0 unspecified atom stereocenters. The van der Waals surface area contributed by atoms with Crippen LogP contribution in [-0.2, 0) is 9.47 Å². The maximum Gasteiger partial charge on any atom is 0.410 e. The second kappa shape index (κ2) is 10.9. The van der Waals surface area contributed by atoms with Crippen LogP contribution >= 0.6 is 11.3 Å². The zero-order valence-corrected chi connectivity index (χ0v) is 24.4. The lowest BCUT2D eigenvalue weighted by molar-refractivity contribution is 0.0185. The van der Waals surface area contributed by atoms with Gasteiger partial charge in [0.1, 0.15) is 15.3 Å². The topological polar surface area (TPSA) is 113 Å². The van der Waals surface area contributed by atoms with Crippen molar-refractivity contribution in [2.45, 2.75) is 64.0 Å². The Hall–Kier alpha value is -3.70. The molecule has 3 aliphatic rings. The van der Waals surface area contributed by atoms with Gasteiger partial charge in [-0.15, -0.1) is 11.3 Å². The van der Waals surface area contributed by atoms with Crippen molar-refractivity contribution in [3.63, 3.8) is 0 Å². The Balaban J connectivity index is 1.25. The summed E-state index contributed by atoms with van der Waals surface area (Å²) in [5, 5.41) is 6.81. The highest BCUT2D eigenvalue weighted by molar-refractivity contribution is 7.21. The molecule has 0 aliphatic carbocycles. The number of likely N-dealkylation sites (tertiary alicyclic amines) is 1. The van der Waals surface area contributed by atoms with Crippen molar-refractivity contribution in [3.05, 3.63) is 47.0 Å². The van der Waals surface area contributed by atoms with E-state index in [4.69, 9.17) is 9.47 Å². The number of benzene rings is 1. The Labute approximate surface area is 243 Å². The summed E-state index contributed by atoms with van der Waals surface area (Å²) < 4.78 is 11.1. The Bertz CT molecular complexity index is 1490. The molecule has 2 fully saturated rings. The van der Waals surface area contributed by atoms with E-state index in [1.54, 1.807) is 16.0 Å². The van der Waals surface area contributed by atoms with Crippen LogP contribution in [0.25, 0.3) is 10.2 Å². The summed E-state index contributed by atoms with van der Waals surface area (Å²) in [6, 6.07) is 9.37. The van der Waals surface area contributed by atoms with Crippen LogP contribution in [0.2, 0.25) is 0 Å². The number of piperidine rings is 1. The Morgan fingerprint density at radius 2 is 1.98 bits per heavy atom. The summed E-state index contributed by atoms with van der Waals surface area (Å²) in [6.45, 7) is 7.95. The Kier molecular flexibility index (Phi) is 7.33. The van der Waals surface area contributed by atoms with Gasteiger partial charge < -0.3 is 25.0 Å². The van der Waals surface area contributed by atoms with Crippen LogP contribution in [0.5, 0.6) is 0 Å². The number of ether oxygens (including phenoxy) is 2. The minimum absolute atomic E-state index is 0.225. The normalized spacial score (nSPS) is 19.7. The highest BCUT2D eigenvalue weighted by Crippen LogP contribution is 2.46. The van der Waals surface area contributed by atoms with E-state index in [-0.39, 0.29) is 24.1 Å². The lowest BCUT2D eigenvalue weighted by Crippen LogP contribution is -2.50. The predicted octanol–water partition coefficient (Wildman–Crippen LogP) is 6.00. The van der Waals surface area contributed by atoms with Gasteiger partial charge in [-0.3, -0.25) is 9.69 Å². The lowest BCUT2D eigenvalue weighted by atomic mass is 9.91. The minimum atomic E-state index is -0.587. The van der Waals surface area contributed by atoms with Crippen LogP contribution in [0.15, 0.2) is 36.5 Å². The quantitative estimate of drug-likeness (QED) is 0.393. The molecule has 3 aliphatic heterocycles. The number of hydrogen-bond acceptors (Lipinski definition) is 7. The number of rotatable bonds is 4. The van der Waals surface area contributed by atoms with Gasteiger partial charge in [-0.25, -0.2) is 14.6 Å². The smallest absolute Gasteiger partial charge is 0.410 e. The summed E-state index contributed by atoms with van der Waals surface area (Å²) in [7, 11) is 0. The minimum Gasteiger partial charge on any atom is -0.444 e. The number of thiophene rings is 1. The number of urea groups is 1. The molecular weight excluding hydrogens is 542 g/mol. The van der Waals surface area contributed by atoms with E-state index in [9.17, 15) is 14.4 Å². The number of aromatic nitrogens is 1. The molecule has 2 aromatic heterocycles. The van der Waals surface area contributed by atoms with Gasteiger partial charge in [0, 0.05) is 38.5 Å². The van der Waals surface area contributed by atoms with Gasteiger partial charge in [0.2, 0.25) is 0 Å².